The van der Waals surface area contributed by atoms with Gasteiger partial charge in [-0.3, -0.25) is 0 Å². The van der Waals surface area contributed by atoms with Crippen molar-refractivity contribution in [1.29, 1.82) is 0 Å². The highest BCUT2D eigenvalue weighted by molar-refractivity contribution is 5.85. The van der Waals surface area contributed by atoms with E-state index >= 15 is 0 Å². The third kappa shape index (κ3) is 12.0. The smallest absolute Gasteiger partial charge is 0.0813 e. The van der Waals surface area contributed by atoms with Gasteiger partial charge in [0, 0.05) is 6.54 Å². The van der Waals surface area contributed by atoms with Crippen LogP contribution in [-0.2, 0) is 4.74 Å². The van der Waals surface area contributed by atoms with Gasteiger partial charge < -0.3 is 9.64 Å². The minimum atomic E-state index is 0. The Kier molecular flexibility index (Phi) is 13.0. The summed E-state index contributed by atoms with van der Waals surface area (Å²) in [6, 6.07) is 0. The minimum Gasteiger partial charge on any atom is -0.373 e. The molecule has 0 radical (unpaired) electrons. The summed E-state index contributed by atoms with van der Waals surface area (Å²) in [5.74, 6) is 0.850. The van der Waals surface area contributed by atoms with Crippen LogP contribution in [0.25, 0.3) is 0 Å². The summed E-state index contributed by atoms with van der Waals surface area (Å²) in [7, 11) is 4.38. The van der Waals surface area contributed by atoms with Crippen molar-refractivity contribution in [1.82, 2.24) is 4.90 Å². The van der Waals surface area contributed by atoms with Crippen LogP contribution in [0.3, 0.4) is 0 Å². The van der Waals surface area contributed by atoms with Crippen molar-refractivity contribution >= 4 is 12.4 Å². The van der Waals surface area contributed by atoms with Crippen LogP contribution < -0.4 is 0 Å². The maximum absolute atomic E-state index is 5.38. The van der Waals surface area contributed by atoms with Crippen molar-refractivity contribution in [2.75, 3.05) is 27.2 Å². The first-order valence-corrected chi connectivity index (χ1v) is 8.48. The molecule has 0 saturated carbocycles. The van der Waals surface area contributed by atoms with Crippen molar-refractivity contribution in [2.45, 2.75) is 77.2 Å². The number of halogens is 1. The van der Waals surface area contributed by atoms with Crippen LogP contribution in [0.5, 0.6) is 0 Å². The molecule has 0 bridgehead atoms. The molecule has 1 saturated heterocycles. The van der Waals surface area contributed by atoms with E-state index in [1.807, 2.05) is 0 Å². The van der Waals surface area contributed by atoms with Crippen molar-refractivity contribution in [3.63, 3.8) is 0 Å². The fourth-order valence-electron chi connectivity index (χ4n) is 2.94. The highest BCUT2D eigenvalue weighted by Gasteiger charge is 2.26. The van der Waals surface area contributed by atoms with E-state index < -0.39 is 0 Å². The zero-order valence-electron chi connectivity index (χ0n) is 13.9. The number of unbranched alkanes of at least 4 members (excludes halogenated alkanes) is 7. The Morgan fingerprint density at radius 3 is 2.05 bits per heavy atom. The first kappa shape index (κ1) is 20.2. The number of hydrogen-bond acceptors (Lipinski definition) is 2. The average molecular weight is 306 g/mol. The van der Waals surface area contributed by atoms with Gasteiger partial charge in [0.15, 0.2) is 0 Å². The first-order valence-electron chi connectivity index (χ1n) is 8.48. The lowest BCUT2D eigenvalue weighted by molar-refractivity contribution is 0.266. The molecule has 3 heteroatoms. The van der Waals surface area contributed by atoms with Gasteiger partial charge in [0.05, 0.1) is 12.7 Å². The third-order valence-electron chi connectivity index (χ3n) is 4.09. The molecule has 0 N–H and O–H groups in total. The van der Waals surface area contributed by atoms with Gasteiger partial charge in [-0.15, -0.1) is 12.4 Å². The van der Waals surface area contributed by atoms with Gasteiger partial charge in [0.1, 0.15) is 0 Å². The molecule has 0 aromatic carbocycles. The number of ether oxygens (including phenoxy) is 1. The van der Waals surface area contributed by atoms with Gasteiger partial charge in [-0.05, 0) is 32.9 Å². The van der Waals surface area contributed by atoms with Crippen LogP contribution in [0.4, 0.5) is 0 Å². The summed E-state index contributed by atoms with van der Waals surface area (Å²) < 4.78 is 5.38. The summed E-state index contributed by atoms with van der Waals surface area (Å²) in [5.41, 5.74) is 0. The molecular formula is C17H36ClNO. The van der Waals surface area contributed by atoms with Crippen molar-refractivity contribution in [2.24, 2.45) is 5.92 Å². The minimum absolute atomic E-state index is 0. The first-order chi connectivity index (χ1) is 9.22. The quantitative estimate of drug-likeness (QED) is 0.355. The molecule has 2 unspecified atom stereocenters. The van der Waals surface area contributed by atoms with Crippen LogP contribution in [0.1, 0.15) is 71.1 Å². The number of nitrogens with zero attached hydrogens (tertiary/aromatic N) is 1. The molecule has 2 nitrogen and oxygen atoms in total. The van der Waals surface area contributed by atoms with Gasteiger partial charge in [-0.25, -0.2) is 0 Å². The molecule has 0 aromatic heterocycles. The van der Waals surface area contributed by atoms with Gasteiger partial charge in [0.2, 0.25) is 0 Å². The molecule has 20 heavy (non-hydrogen) atoms. The van der Waals surface area contributed by atoms with Crippen LogP contribution >= 0.6 is 12.4 Å². The molecule has 1 heterocycles. The monoisotopic (exact) mass is 305 g/mol. The molecule has 122 valence electrons. The van der Waals surface area contributed by atoms with E-state index in [-0.39, 0.29) is 12.4 Å². The van der Waals surface area contributed by atoms with Crippen LogP contribution in [0.15, 0.2) is 0 Å². The van der Waals surface area contributed by atoms with Crippen molar-refractivity contribution < 1.29 is 4.74 Å². The Morgan fingerprint density at radius 1 is 1.00 bits per heavy atom. The summed E-state index contributed by atoms with van der Waals surface area (Å²) in [5, 5.41) is 0. The number of hydrogen-bond donors (Lipinski definition) is 0. The number of rotatable bonds is 13. The van der Waals surface area contributed by atoms with Gasteiger partial charge >= 0.3 is 0 Å². The van der Waals surface area contributed by atoms with E-state index in [0.717, 1.165) is 12.5 Å². The molecule has 1 aliphatic heterocycles. The topological polar surface area (TPSA) is 15.8 Å². The Morgan fingerprint density at radius 2 is 1.55 bits per heavy atom. The lowest BCUT2D eigenvalue weighted by Gasteiger charge is -2.20. The van der Waals surface area contributed by atoms with E-state index in [0.29, 0.717) is 6.10 Å². The standard InChI is InChI=1S/C17H35NO.ClH/c1-4-5-6-7-8-9-10-11-12-16(14-18(2)3)13-17-15-19-17;/h16-17H,4-15H2,1-3H3;1H. The second-order valence-corrected chi connectivity index (χ2v) is 6.58. The van der Waals surface area contributed by atoms with E-state index in [1.54, 1.807) is 0 Å². The van der Waals surface area contributed by atoms with Gasteiger partial charge in [0.25, 0.3) is 0 Å². The fourth-order valence-corrected chi connectivity index (χ4v) is 2.94. The highest BCUT2D eigenvalue weighted by Crippen LogP contribution is 2.24. The molecule has 1 rings (SSSR count). The second kappa shape index (κ2) is 12.9. The largest absolute Gasteiger partial charge is 0.373 e. The summed E-state index contributed by atoms with van der Waals surface area (Å²) in [6.45, 7) is 4.53. The van der Waals surface area contributed by atoms with Crippen LogP contribution in [0.2, 0.25) is 0 Å². The van der Waals surface area contributed by atoms with Gasteiger partial charge in [-0.1, -0.05) is 58.3 Å². The maximum atomic E-state index is 5.38. The second-order valence-electron chi connectivity index (χ2n) is 6.58. The molecule has 0 amide bonds. The SMILES string of the molecule is CCCCCCCCCCC(CC1CO1)CN(C)C.Cl. The molecule has 0 aromatic rings. The Balaban J connectivity index is 0.00000361. The summed E-state index contributed by atoms with van der Waals surface area (Å²) in [6.07, 6.45) is 14.7. The van der Waals surface area contributed by atoms with E-state index in [4.69, 9.17) is 4.74 Å². The maximum Gasteiger partial charge on any atom is 0.0813 e. The van der Waals surface area contributed by atoms with E-state index in [2.05, 4.69) is 25.9 Å². The Labute approximate surface area is 133 Å². The third-order valence-corrected chi connectivity index (χ3v) is 4.09. The lowest BCUT2D eigenvalue weighted by atomic mass is 9.95. The molecular weight excluding hydrogens is 270 g/mol. The lowest BCUT2D eigenvalue weighted by Crippen LogP contribution is -2.23. The summed E-state index contributed by atoms with van der Waals surface area (Å²) in [4.78, 5) is 2.33. The van der Waals surface area contributed by atoms with Crippen LogP contribution in [-0.4, -0.2) is 38.3 Å². The Bertz CT molecular complexity index is 203. The highest BCUT2D eigenvalue weighted by atomic mass is 35.5. The van der Waals surface area contributed by atoms with Gasteiger partial charge in [-0.2, -0.15) is 0 Å². The average Bonchev–Trinajstić information content (AvgIpc) is 3.15. The van der Waals surface area contributed by atoms with E-state index in [9.17, 15) is 0 Å². The molecule has 1 aliphatic rings. The van der Waals surface area contributed by atoms with Crippen LogP contribution in [0, 0.1) is 5.92 Å². The normalized spacial score (nSPS) is 18.9. The predicted molar refractivity (Wildman–Crippen MR) is 90.9 cm³/mol. The molecule has 2 atom stereocenters. The number of epoxide rings is 1. The predicted octanol–water partition coefficient (Wildman–Crippen LogP) is 4.91. The van der Waals surface area contributed by atoms with E-state index in [1.165, 1.54) is 70.8 Å². The fraction of sp³-hybridized carbons (Fsp3) is 1.00. The molecule has 0 aliphatic carbocycles. The zero-order chi connectivity index (χ0) is 13.9. The Hall–Kier alpha value is 0.210. The van der Waals surface area contributed by atoms with Crippen molar-refractivity contribution in [3.05, 3.63) is 0 Å². The molecule has 1 fully saturated rings. The molecule has 0 spiro atoms. The zero-order valence-corrected chi connectivity index (χ0v) is 14.7. The van der Waals surface area contributed by atoms with Crippen molar-refractivity contribution in [3.8, 4) is 0 Å². The summed E-state index contributed by atoms with van der Waals surface area (Å²) >= 11 is 0.